The Morgan fingerprint density at radius 3 is 3.18 bits per heavy atom. The van der Waals surface area contributed by atoms with Gasteiger partial charge in [0.2, 0.25) is 0 Å². The van der Waals surface area contributed by atoms with E-state index in [0.717, 1.165) is 36.8 Å². The second-order valence-corrected chi connectivity index (χ2v) is 7.24. The number of piperidine rings is 1. The Morgan fingerprint density at radius 2 is 2.41 bits per heavy atom. The van der Waals surface area contributed by atoms with E-state index in [9.17, 15) is 0 Å². The van der Waals surface area contributed by atoms with Gasteiger partial charge in [0.1, 0.15) is 12.4 Å². The molecule has 2 fully saturated rings. The second kappa shape index (κ2) is 6.02. The Kier molecular flexibility index (Phi) is 3.90. The van der Waals surface area contributed by atoms with Gasteiger partial charge in [-0.25, -0.2) is 15.0 Å². The van der Waals surface area contributed by atoms with Crippen LogP contribution in [-0.2, 0) is 11.3 Å². The molecule has 0 radical (unpaired) electrons. The third-order valence-corrected chi connectivity index (χ3v) is 5.45. The van der Waals surface area contributed by atoms with E-state index in [4.69, 9.17) is 4.74 Å². The smallest absolute Gasteiger partial charge is 0.115 e. The van der Waals surface area contributed by atoms with Crippen molar-refractivity contribution in [2.75, 3.05) is 13.1 Å². The average molecular weight is 316 g/mol. The summed E-state index contributed by atoms with van der Waals surface area (Å²) in [6.45, 7) is 5.14. The summed E-state index contributed by atoms with van der Waals surface area (Å²) in [7, 11) is 0. The molecule has 2 aliphatic rings. The highest BCUT2D eigenvalue weighted by molar-refractivity contribution is 7.09. The first-order chi connectivity index (χ1) is 10.8. The Labute approximate surface area is 134 Å². The molecule has 0 N–H and O–H groups in total. The molecule has 5 nitrogen and oxygen atoms in total. The number of nitrogens with zero attached hydrogens (tertiary/aromatic N) is 4. The number of rotatable bonds is 3. The number of likely N-dealkylation sites (tertiary alicyclic amines) is 1. The van der Waals surface area contributed by atoms with E-state index < -0.39 is 0 Å². The van der Waals surface area contributed by atoms with Crippen molar-refractivity contribution in [3.63, 3.8) is 0 Å². The van der Waals surface area contributed by atoms with Crippen molar-refractivity contribution in [3.8, 4) is 0 Å². The SMILES string of the molecule is Cc1nc(CN2CC[C@H]3C[C@@H](c4ccncn4)O[C@@H]3C2)cs1. The first kappa shape index (κ1) is 14.2. The van der Waals surface area contributed by atoms with E-state index in [1.807, 2.05) is 6.07 Å². The highest BCUT2D eigenvalue weighted by atomic mass is 32.1. The van der Waals surface area contributed by atoms with Gasteiger partial charge >= 0.3 is 0 Å². The number of hydrogen-bond donors (Lipinski definition) is 0. The standard InChI is InChI=1S/C16H20N4OS/c1-11-19-13(9-22-11)7-20-5-3-12-6-15(21-16(12)8-20)14-2-4-17-10-18-14/h2,4,9-10,12,15-16H,3,5-8H2,1H3/t12-,15-,16+/m0/s1. The average Bonchev–Trinajstić information content (AvgIpc) is 3.14. The molecule has 4 rings (SSSR count). The lowest BCUT2D eigenvalue weighted by molar-refractivity contribution is -0.0109. The fraction of sp³-hybridized carbons (Fsp3) is 0.562. The maximum absolute atomic E-state index is 6.27. The first-order valence-corrected chi connectivity index (χ1v) is 8.70. The van der Waals surface area contributed by atoms with Gasteiger partial charge < -0.3 is 4.74 Å². The predicted octanol–water partition coefficient (Wildman–Crippen LogP) is 2.59. The molecular formula is C16H20N4OS. The molecule has 0 saturated carbocycles. The number of aromatic nitrogens is 3. The van der Waals surface area contributed by atoms with Crippen molar-refractivity contribution >= 4 is 11.3 Å². The zero-order valence-corrected chi connectivity index (χ0v) is 13.5. The maximum atomic E-state index is 6.27. The molecule has 2 aromatic rings. The van der Waals surface area contributed by atoms with Gasteiger partial charge in [-0.05, 0) is 38.3 Å². The van der Waals surface area contributed by atoms with Crippen LogP contribution in [0.1, 0.15) is 35.3 Å². The number of ether oxygens (including phenoxy) is 1. The molecule has 0 aromatic carbocycles. The lowest BCUT2D eigenvalue weighted by atomic mass is 9.91. The molecule has 6 heteroatoms. The summed E-state index contributed by atoms with van der Waals surface area (Å²) in [5.74, 6) is 0.661. The normalized spacial score (nSPS) is 28.7. The van der Waals surface area contributed by atoms with Crippen LogP contribution in [-0.4, -0.2) is 39.0 Å². The molecule has 2 aliphatic heterocycles. The van der Waals surface area contributed by atoms with E-state index in [1.54, 1.807) is 23.9 Å². The fourth-order valence-corrected chi connectivity index (χ4v) is 4.13. The number of aryl methyl sites for hydroxylation is 1. The quantitative estimate of drug-likeness (QED) is 0.871. The van der Waals surface area contributed by atoms with Crippen LogP contribution in [0.3, 0.4) is 0 Å². The van der Waals surface area contributed by atoms with E-state index in [0.29, 0.717) is 12.0 Å². The van der Waals surface area contributed by atoms with Crippen molar-refractivity contribution in [3.05, 3.63) is 40.4 Å². The summed E-state index contributed by atoms with van der Waals surface area (Å²) in [6, 6.07) is 1.97. The molecule has 4 heterocycles. The summed E-state index contributed by atoms with van der Waals surface area (Å²) in [4.78, 5) is 15.4. The second-order valence-electron chi connectivity index (χ2n) is 6.17. The van der Waals surface area contributed by atoms with Crippen LogP contribution in [0.15, 0.2) is 24.0 Å². The third-order valence-electron chi connectivity index (χ3n) is 4.62. The molecular weight excluding hydrogens is 296 g/mol. The van der Waals surface area contributed by atoms with Crippen LogP contribution in [0.4, 0.5) is 0 Å². The lowest BCUT2D eigenvalue weighted by Gasteiger charge is -2.33. The summed E-state index contributed by atoms with van der Waals surface area (Å²) in [5, 5.41) is 3.31. The molecule has 3 atom stereocenters. The molecule has 0 amide bonds. The monoisotopic (exact) mass is 316 g/mol. The van der Waals surface area contributed by atoms with Crippen molar-refractivity contribution < 1.29 is 4.74 Å². The van der Waals surface area contributed by atoms with Gasteiger partial charge in [0.05, 0.1) is 22.5 Å². The lowest BCUT2D eigenvalue weighted by Crippen LogP contribution is -2.41. The molecule has 0 spiro atoms. The van der Waals surface area contributed by atoms with Gasteiger partial charge in [-0.1, -0.05) is 0 Å². The molecule has 0 unspecified atom stereocenters. The van der Waals surface area contributed by atoms with Crippen molar-refractivity contribution in [1.29, 1.82) is 0 Å². The number of hydrogen-bond acceptors (Lipinski definition) is 6. The van der Waals surface area contributed by atoms with Gasteiger partial charge in [-0.3, -0.25) is 4.90 Å². The summed E-state index contributed by atoms with van der Waals surface area (Å²) in [6.07, 6.45) is 6.16. The minimum Gasteiger partial charge on any atom is -0.367 e. The molecule has 22 heavy (non-hydrogen) atoms. The van der Waals surface area contributed by atoms with Crippen LogP contribution < -0.4 is 0 Å². The third kappa shape index (κ3) is 2.91. The summed E-state index contributed by atoms with van der Waals surface area (Å²) < 4.78 is 6.27. The summed E-state index contributed by atoms with van der Waals surface area (Å²) >= 11 is 1.73. The Hall–Kier alpha value is -1.37. The van der Waals surface area contributed by atoms with Crippen LogP contribution in [0.25, 0.3) is 0 Å². The first-order valence-electron chi connectivity index (χ1n) is 7.82. The maximum Gasteiger partial charge on any atom is 0.115 e. The van der Waals surface area contributed by atoms with E-state index in [2.05, 4.69) is 32.2 Å². The minimum atomic E-state index is 0.138. The highest BCUT2D eigenvalue weighted by Gasteiger charge is 2.40. The van der Waals surface area contributed by atoms with Gasteiger partial charge in [-0.15, -0.1) is 11.3 Å². The predicted molar refractivity (Wildman–Crippen MR) is 84.5 cm³/mol. The summed E-state index contributed by atoms with van der Waals surface area (Å²) in [5.41, 5.74) is 2.21. The Morgan fingerprint density at radius 1 is 1.45 bits per heavy atom. The fourth-order valence-electron chi connectivity index (χ4n) is 3.53. The zero-order chi connectivity index (χ0) is 14.9. The minimum absolute atomic E-state index is 0.138. The van der Waals surface area contributed by atoms with Crippen molar-refractivity contribution in [1.82, 2.24) is 19.9 Å². The largest absolute Gasteiger partial charge is 0.367 e. The van der Waals surface area contributed by atoms with E-state index in [1.165, 1.54) is 12.1 Å². The van der Waals surface area contributed by atoms with Gasteiger partial charge in [0.15, 0.2) is 0 Å². The zero-order valence-electron chi connectivity index (χ0n) is 12.7. The Balaban J connectivity index is 1.39. The molecule has 116 valence electrons. The van der Waals surface area contributed by atoms with Crippen LogP contribution >= 0.6 is 11.3 Å². The van der Waals surface area contributed by atoms with Gasteiger partial charge in [0.25, 0.3) is 0 Å². The molecule has 2 aromatic heterocycles. The van der Waals surface area contributed by atoms with Crippen molar-refractivity contribution in [2.45, 2.75) is 38.5 Å². The van der Waals surface area contributed by atoms with Crippen LogP contribution in [0.5, 0.6) is 0 Å². The van der Waals surface area contributed by atoms with Gasteiger partial charge in [0, 0.05) is 24.7 Å². The molecule has 0 aliphatic carbocycles. The Bertz CT molecular complexity index is 632. The highest BCUT2D eigenvalue weighted by Crippen LogP contribution is 2.40. The molecule has 2 saturated heterocycles. The van der Waals surface area contributed by atoms with Crippen molar-refractivity contribution in [2.24, 2.45) is 5.92 Å². The molecule has 0 bridgehead atoms. The number of fused-ring (bicyclic) bond motifs is 1. The van der Waals surface area contributed by atoms with E-state index >= 15 is 0 Å². The number of thiazole rings is 1. The van der Waals surface area contributed by atoms with E-state index in [-0.39, 0.29) is 6.10 Å². The van der Waals surface area contributed by atoms with Gasteiger partial charge in [-0.2, -0.15) is 0 Å². The van der Waals surface area contributed by atoms with Crippen LogP contribution in [0, 0.1) is 12.8 Å². The van der Waals surface area contributed by atoms with Crippen LogP contribution in [0.2, 0.25) is 0 Å². The topological polar surface area (TPSA) is 51.1 Å².